The van der Waals surface area contributed by atoms with Crippen LogP contribution in [0.3, 0.4) is 0 Å². The summed E-state index contributed by atoms with van der Waals surface area (Å²) in [6.45, 7) is 5.25. The minimum atomic E-state index is -3.19. The van der Waals surface area contributed by atoms with Gasteiger partial charge in [-0.2, -0.15) is 0 Å². The molecule has 232 valence electrons. The van der Waals surface area contributed by atoms with Crippen LogP contribution in [0.25, 0.3) is 0 Å². The summed E-state index contributed by atoms with van der Waals surface area (Å²) in [5, 5.41) is 0. The lowest BCUT2D eigenvalue weighted by molar-refractivity contribution is -0.137. The Balaban J connectivity index is 1.06. The van der Waals surface area contributed by atoms with Gasteiger partial charge in [0.05, 0.1) is 10.8 Å². The van der Waals surface area contributed by atoms with Gasteiger partial charge in [-0.05, 0) is 80.2 Å². The molecule has 4 aliphatic rings. The number of likely N-dealkylation sites (tertiary alicyclic amines) is 3. The van der Waals surface area contributed by atoms with Crippen LogP contribution in [-0.2, 0) is 25.9 Å². The number of carbonyl (C=O) groups is 2. The van der Waals surface area contributed by atoms with Crippen molar-refractivity contribution in [3.8, 4) is 0 Å². The summed E-state index contributed by atoms with van der Waals surface area (Å²) in [4.78, 5) is 33.9. The Bertz CT molecular complexity index is 1380. The maximum Gasteiger partial charge on any atom is 0.410 e. The van der Waals surface area contributed by atoms with Crippen molar-refractivity contribution < 1.29 is 22.7 Å². The number of hydrogen-bond acceptors (Lipinski definition) is 6. The fourth-order valence-electron chi connectivity index (χ4n) is 7.75. The van der Waals surface area contributed by atoms with Gasteiger partial charge in [0.1, 0.15) is 6.10 Å². The highest BCUT2D eigenvalue weighted by Gasteiger charge is 2.46. The van der Waals surface area contributed by atoms with Crippen LogP contribution in [0.2, 0.25) is 0 Å². The number of carbonyl (C=O) groups excluding carboxylic acids is 2. The third-order valence-electron chi connectivity index (χ3n) is 10.4. The third kappa shape index (κ3) is 6.93. The van der Waals surface area contributed by atoms with Gasteiger partial charge in [0.25, 0.3) is 0 Å². The number of rotatable bonds is 6. The smallest absolute Gasteiger partial charge is 0.410 e. The highest BCUT2D eigenvalue weighted by molar-refractivity contribution is 7.90. The number of hydrogen-bond donors (Lipinski definition) is 0. The lowest BCUT2D eigenvalue weighted by atomic mass is 9.77. The van der Waals surface area contributed by atoms with E-state index in [4.69, 9.17) is 4.74 Å². The normalized spacial score (nSPS) is 24.9. The molecule has 3 saturated heterocycles. The van der Waals surface area contributed by atoms with Crippen LogP contribution >= 0.6 is 0 Å². The van der Waals surface area contributed by atoms with Crippen LogP contribution in [-0.4, -0.2) is 86.7 Å². The zero-order valence-electron chi connectivity index (χ0n) is 25.3. The molecule has 2 aromatic rings. The summed E-state index contributed by atoms with van der Waals surface area (Å²) in [6.07, 6.45) is 9.36. The Morgan fingerprint density at radius 1 is 0.860 bits per heavy atom. The summed E-state index contributed by atoms with van der Waals surface area (Å²) >= 11 is 0. The van der Waals surface area contributed by atoms with Gasteiger partial charge in [-0.1, -0.05) is 48.9 Å². The van der Waals surface area contributed by atoms with Crippen LogP contribution in [0.5, 0.6) is 0 Å². The van der Waals surface area contributed by atoms with E-state index in [2.05, 4.69) is 17.0 Å². The summed E-state index contributed by atoms with van der Waals surface area (Å²) in [7, 11) is -3.19. The molecule has 0 aromatic heterocycles. The summed E-state index contributed by atoms with van der Waals surface area (Å²) in [5.41, 5.74) is 2.45. The van der Waals surface area contributed by atoms with E-state index >= 15 is 0 Å². The van der Waals surface area contributed by atoms with Crippen molar-refractivity contribution in [3.63, 3.8) is 0 Å². The molecule has 0 unspecified atom stereocenters. The first-order chi connectivity index (χ1) is 20.7. The van der Waals surface area contributed by atoms with E-state index in [1.807, 2.05) is 35.2 Å². The molecule has 2 aromatic carbocycles. The summed E-state index contributed by atoms with van der Waals surface area (Å²) in [6, 6.07) is 17.4. The molecule has 3 heterocycles. The van der Waals surface area contributed by atoms with Gasteiger partial charge in [0.2, 0.25) is 5.91 Å². The molecule has 2 atom stereocenters. The number of benzene rings is 2. The second-order valence-corrected chi connectivity index (χ2v) is 15.4. The van der Waals surface area contributed by atoms with Crippen LogP contribution < -0.4 is 0 Å². The van der Waals surface area contributed by atoms with Gasteiger partial charge in [0, 0.05) is 51.4 Å². The topological polar surface area (TPSA) is 87.2 Å². The standard InChI is InChI=1S/C34H45N3O5S/c1-43(40,41)29-14-12-26(13-15-29)22-35-19-16-34(25-35)17-20-36(21-18-34)32(38)31-24-37(23-30(31)27-8-4-2-5-9-27)33(39)42-28-10-6-3-7-11-28/h2,4-5,8-9,12-15,28,30-31H,3,6-7,10-11,16-25H2,1H3/t30-,31-/m1/s1. The lowest BCUT2D eigenvalue weighted by Crippen LogP contribution is -2.47. The van der Waals surface area contributed by atoms with Gasteiger partial charge in [-0.3, -0.25) is 9.69 Å². The lowest BCUT2D eigenvalue weighted by Gasteiger charge is -2.40. The van der Waals surface area contributed by atoms with Crippen molar-refractivity contribution in [1.82, 2.24) is 14.7 Å². The Kier molecular flexibility index (Phi) is 8.83. The average molecular weight is 608 g/mol. The van der Waals surface area contributed by atoms with Gasteiger partial charge in [0.15, 0.2) is 9.84 Å². The number of sulfone groups is 1. The molecular weight excluding hydrogens is 562 g/mol. The third-order valence-corrected chi connectivity index (χ3v) is 11.5. The minimum Gasteiger partial charge on any atom is -0.446 e. The van der Waals surface area contributed by atoms with Crippen LogP contribution in [0.1, 0.15) is 68.4 Å². The van der Waals surface area contributed by atoms with Gasteiger partial charge >= 0.3 is 6.09 Å². The van der Waals surface area contributed by atoms with Crippen molar-refractivity contribution in [3.05, 3.63) is 65.7 Å². The first kappa shape index (κ1) is 30.1. The van der Waals surface area contributed by atoms with Crippen LogP contribution in [0.15, 0.2) is 59.5 Å². The first-order valence-electron chi connectivity index (χ1n) is 16.0. The van der Waals surface area contributed by atoms with Crippen molar-refractivity contribution in [2.45, 2.75) is 74.8 Å². The second-order valence-electron chi connectivity index (χ2n) is 13.4. The molecule has 0 radical (unpaired) electrons. The van der Waals surface area contributed by atoms with Crippen molar-refractivity contribution in [2.75, 3.05) is 45.5 Å². The largest absolute Gasteiger partial charge is 0.446 e. The Labute approximate surface area is 256 Å². The predicted molar refractivity (Wildman–Crippen MR) is 165 cm³/mol. The predicted octanol–water partition coefficient (Wildman–Crippen LogP) is 5.09. The second kappa shape index (κ2) is 12.6. The highest BCUT2D eigenvalue weighted by Crippen LogP contribution is 2.42. The van der Waals surface area contributed by atoms with E-state index in [0.29, 0.717) is 18.0 Å². The molecule has 6 rings (SSSR count). The molecule has 1 saturated carbocycles. The fourth-order valence-corrected chi connectivity index (χ4v) is 8.38. The average Bonchev–Trinajstić information content (AvgIpc) is 3.63. The van der Waals surface area contributed by atoms with Crippen molar-refractivity contribution in [2.24, 2.45) is 11.3 Å². The Morgan fingerprint density at radius 3 is 2.21 bits per heavy atom. The van der Waals surface area contributed by atoms with E-state index in [0.717, 1.165) is 88.8 Å². The number of ether oxygens (including phenoxy) is 1. The molecule has 0 bridgehead atoms. The Morgan fingerprint density at radius 2 is 1.53 bits per heavy atom. The van der Waals surface area contributed by atoms with Crippen molar-refractivity contribution in [1.29, 1.82) is 0 Å². The highest BCUT2D eigenvalue weighted by atomic mass is 32.2. The molecule has 8 nitrogen and oxygen atoms in total. The van der Waals surface area contributed by atoms with Crippen molar-refractivity contribution >= 4 is 21.8 Å². The molecule has 1 spiro atoms. The molecule has 2 amide bonds. The molecular formula is C34H45N3O5S. The van der Waals surface area contributed by atoms with Gasteiger partial charge < -0.3 is 14.5 Å². The van der Waals surface area contributed by atoms with E-state index < -0.39 is 9.84 Å². The van der Waals surface area contributed by atoms with Crippen LogP contribution in [0.4, 0.5) is 4.79 Å². The summed E-state index contributed by atoms with van der Waals surface area (Å²) in [5.74, 6) is -0.123. The Hall–Kier alpha value is -2.91. The minimum absolute atomic E-state index is 0.00212. The van der Waals surface area contributed by atoms with Gasteiger partial charge in [-0.25, -0.2) is 13.2 Å². The fraction of sp³-hybridized carbons (Fsp3) is 0.588. The van der Waals surface area contributed by atoms with E-state index in [1.165, 1.54) is 12.7 Å². The number of nitrogens with zero attached hydrogens (tertiary/aromatic N) is 3. The first-order valence-corrected chi connectivity index (χ1v) is 17.9. The SMILES string of the molecule is CS(=O)(=O)c1ccc(CN2CCC3(CCN(C(=O)[C@@H]4CN(C(=O)OC5CCCCC5)C[C@@H]4c4ccccc4)CC3)C2)cc1. The quantitative estimate of drug-likeness (QED) is 0.455. The number of piperidine rings is 1. The number of amides is 2. The maximum atomic E-state index is 14.0. The molecule has 4 fully saturated rings. The molecule has 0 N–H and O–H groups in total. The monoisotopic (exact) mass is 607 g/mol. The van der Waals surface area contributed by atoms with E-state index in [1.54, 1.807) is 17.0 Å². The zero-order chi connectivity index (χ0) is 30.0. The molecule has 43 heavy (non-hydrogen) atoms. The summed E-state index contributed by atoms with van der Waals surface area (Å²) < 4.78 is 29.5. The van der Waals surface area contributed by atoms with Gasteiger partial charge in [-0.15, -0.1) is 0 Å². The zero-order valence-corrected chi connectivity index (χ0v) is 26.1. The van der Waals surface area contributed by atoms with Crippen LogP contribution in [0, 0.1) is 11.3 Å². The molecule has 9 heteroatoms. The van der Waals surface area contributed by atoms with E-state index in [-0.39, 0.29) is 35.4 Å². The molecule has 1 aliphatic carbocycles. The maximum absolute atomic E-state index is 14.0. The molecule has 3 aliphatic heterocycles. The van der Waals surface area contributed by atoms with E-state index in [9.17, 15) is 18.0 Å².